The van der Waals surface area contributed by atoms with Crippen LogP contribution < -0.4 is 10.9 Å². The van der Waals surface area contributed by atoms with Crippen molar-refractivity contribution in [3.8, 4) is 0 Å². The fourth-order valence-corrected chi connectivity index (χ4v) is 1.97. The number of nitrogens with one attached hydrogen (secondary N) is 1. The van der Waals surface area contributed by atoms with Gasteiger partial charge in [0.15, 0.2) is 5.69 Å². The Hall–Kier alpha value is -2.21. The van der Waals surface area contributed by atoms with Crippen molar-refractivity contribution in [3.05, 3.63) is 40.3 Å². The van der Waals surface area contributed by atoms with Crippen molar-refractivity contribution in [1.29, 1.82) is 0 Å². The molecule has 21 heavy (non-hydrogen) atoms. The van der Waals surface area contributed by atoms with Crippen LogP contribution in [0, 0.1) is 0 Å². The summed E-state index contributed by atoms with van der Waals surface area (Å²) in [4.78, 5) is 26.4. The molecule has 0 unspecified atom stereocenters. The summed E-state index contributed by atoms with van der Waals surface area (Å²) in [5, 5.41) is 8.04. The molecule has 0 fully saturated rings. The number of likely N-dealkylation sites (N-methyl/N-ethyl adjacent to an activating group) is 1. The minimum atomic E-state index is -0.268. The Labute approximate surface area is 123 Å². The number of nitrogens with zero attached hydrogens (tertiary/aromatic N) is 3. The van der Waals surface area contributed by atoms with E-state index >= 15 is 0 Å². The molecular weight excluding hydrogens is 268 g/mol. The molecule has 1 N–H and O–H groups in total. The first-order valence-corrected chi connectivity index (χ1v) is 6.82. The van der Waals surface area contributed by atoms with Crippen LogP contribution in [-0.4, -0.2) is 47.3 Å². The van der Waals surface area contributed by atoms with E-state index in [1.807, 2.05) is 25.9 Å². The third-order valence-electron chi connectivity index (χ3n) is 3.61. The van der Waals surface area contributed by atoms with Gasteiger partial charge in [-0.15, -0.1) is 0 Å². The lowest BCUT2D eigenvalue weighted by Crippen LogP contribution is -2.39. The summed E-state index contributed by atoms with van der Waals surface area (Å²) < 4.78 is 1.20. The Balaban J connectivity index is 2.36. The largest absolute Gasteiger partial charge is 0.349 e. The maximum Gasteiger partial charge on any atom is 0.274 e. The molecule has 1 aromatic heterocycles. The van der Waals surface area contributed by atoms with E-state index in [2.05, 4.69) is 10.4 Å². The van der Waals surface area contributed by atoms with Gasteiger partial charge in [-0.25, -0.2) is 4.68 Å². The monoisotopic (exact) mass is 288 g/mol. The van der Waals surface area contributed by atoms with Gasteiger partial charge in [0.2, 0.25) is 0 Å². The van der Waals surface area contributed by atoms with Crippen molar-refractivity contribution in [2.75, 3.05) is 20.6 Å². The predicted molar refractivity (Wildman–Crippen MR) is 82.5 cm³/mol. The normalized spacial score (nSPS) is 12.6. The molecule has 0 saturated heterocycles. The van der Waals surface area contributed by atoms with E-state index in [1.54, 1.807) is 31.3 Å². The number of rotatable bonds is 4. The first-order chi connectivity index (χ1) is 9.91. The zero-order chi connectivity index (χ0) is 15.6. The molecule has 1 heterocycles. The lowest BCUT2D eigenvalue weighted by Gasteiger charge is -2.20. The fourth-order valence-electron chi connectivity index (χ4n) is 1.97. The van der Waals surface area contributed by atoms with Gasteiger partial charge in [-0.2, -0.15) is 5.10 Å². The van der Waals surface area contributed by atoms with Crippen LogP contribution in [0.25, 0.3) is 10.8 Å². The third kappa shape index (κ3) is 3.11. The van der Waals surface area contributed by atoms with Gasteiger partial charge < -0.3 is 10.2 Å². The fraction of sp³-hybridized carbons (Fsp3) is 0.400. The molecular formula is C15H20N4O2. The molecule has 2 aromatic rings. The predicted octanol–water partition coefficient (Wildman–Crippen LogP) is 0.613. The average Bonchev–Trinajstić information content (AvgIpc) is 2.48. The van der Waals surface area contributed by atoms with Gasteiger partial charge in [-0.3, -0.25) is 9.59 Å². The molecule has 0 saturated carbocycles. The first-order valence-electron chi connectivity index (χ1n) is 6.82. The second-order valence-corrected chi connectivity index (χ2v) is 5.35. The highest BCUT2D eigenvalue weighted by molar-refractivity contribution is 6.04. The Morgan fingerprint density at radius 1 is 1.33 bits per heavy atom. The van der Waals surface area contributed by atoms with E-state index in [0.717, 1.165) is 0 Å². The summed E-state index contributed by atoms with van der Waals surface area (Å²) in [6.45, 7) is 2.54. The Morgan fingerprint density at radius 3 is 2.57 bits per heavy atom. The summed E-state index contributed by atoms with van der Waals surface area (Å²) in [6.07, 6.45) is 0. The molecule has 6 nitrogen and oxygen atoms in total. The second-order valence-electron chi connectivity index (χ2n) is 5.35. The summed E-state index contributed by atoms with van der Waals surface area (Å²) in [7, 11) is 5.46. The van der Waals surface area contributed by atoms with E-state index in [1.165, 1.54) is 4.68 Å². The molecule has 1 aromatic carbocycles. The molecule has 1 atom stereocenters. The highest BCUT2D eigenvalue weighted by Gasteiger charge is 2.16. The number of benzene rings is 1. The van der Waals surface area contributed by atoms with Crippen LogP contribution in [0.3, 0.4) is 0 Å². The minimum absolute atomic E-state index is 0.205. The van der Waals surface area contributed by atoms with Crippen molar-refractivity contribution < 1.29 is 4.79 Å². The van der Waals surface area contributed by atoms with Crippen LogP contribution in [0.4, 0.5) is 0 Å². The lowest BCUT2D eigenvalue weighted by atomic mass is 10.1. The van der Waals surface area contributed by atoms with Crippen LogP contribution in [-0.2, 0) is 7.05 Å². The van der Waals surface area contributed by atoms with Crippen LogP contribution in [0.15, 0.2) is 29.1 Å². The highest BCUT2D eigenvalue weighted by Crippen LogP contribution is 2.12. The number of amides is 1. The summed E-state index contributed by atoms with van der Waals surface area (Å²) >= 11 is 0. The van der Waals surface area contributed by atoms with Crippen molar-refractivity contribution >= 4 is 16.7 Å². The maximum atomic E-state index is 12.3. The Bertz CT molecular complexity index is 721. The van der Waals surface area contributed by atoms with Crippen LogP contribution in [0.1, 0.15) is 17.4 Å². The van der Waals surface area contributed by atoms with Crippen molar-refractivity contribution in [1.82, 2.24) is 20.0 Å². The van der Waals surface area contributed by atoms with Gasteiger partial charge in [-0.05, 0) is 27.1 Å². The van der Waals surface area contributed by atoms with E-state index in [9.17, 15) is 9.59 Å². The second kappa shape index (κ2) is 6.05. The minimum Gasteiger partial charge on any atom is -0.349 e. The summed E-state index contributed by atoms with van der Waals surface area (Å²) in [5.41, 5.74) is 0.0717. The maximum absolute atomic E-state index is 12.3. The zero-order valence-corrected chi connectivity index (χ0v) is 12.8. The molecule has 6 heteroatoms. The number of carbonyl (C=O) groups is 1. The molecule has 2 rings (SSSR count). The number of aryl methyl sites for hydroxylation is 1. The summed E-state index contributed by atoms with van der Waals surface area (Å²) in [5.74, 6) is -0.268. The van der Waals surface area contributed by atoms with Gasteiger partial charge in [0.1, 0.15) is 0 Å². The number of aromatic nitrogens is 2. The average molecular weight is 288 g/mol. The molecule has 0 radical (unpaired) electrons. The lowest BCUT2D eigenvalue weighted by molar-refractivity contribution is 0.0938. The van der Waals surface area contributed by atoms with Gasteiger partial charge in [0.05, 0.1) is 5.39 Å². The molecule has 112 valence electrons. The van der Waals surface area contributed by atoms with Crippen molar-refractivity contribution in [2.45, 2.75) is 13.0 Å². The Kier molecular flexibility index (Phi) is 4.37. The topological polar surface area (TPSA) is 67.2 Å². The quantitative estimate of drug-likeness (QED) is 0.895. The first kappa shape index (κ1) is 15.2. The standard InChI is InChI=1S/C15H20N4O2/c1-10(18(2)3)9-16-14(20)13-11-7-5-6-8-12(11)15(21)19(4)17-13/h5-8,10H,9H2,1-4H3,(H,16,20)/t10-/m0/s1. The van der Waals surface area contributed by atoms with Crippen molar-refractivity contribution in [3.63, 3.8) is 0 Å². The molecule has 1 amide bonds. The van der Waals surface area contributed by atoms with E-state index in [4.69, 9.17) is 0 Å². The van der Waals surface area contributed by atoms with Crippen LogP contribution >= 0.6 is 0 Å². The number of hydrogen-bond acceptors (Lipinski definition) is 4. The number of carbonyl (C=O) groups excluding carboxylic acids is 1. The van der Waals surface area contributed by atoms with Gasteiger partial charge >= 0.3 is 0 Å². The SMILES string of the molecule is C[C@@H](CNC(=O)c1nn(C)c(=O)c2ccccc12)N(C)C. The molecule has 0 bridgehead atoms. The molecule has 0 aliphatic carbocycles. The zero-order valence-electron chi connectivity index (χ0n) is 12.8. The van der Waals surface area contributed by atoms with Crippen LogP contribution in [0.5, 0.6) is 0 Å². The van der Waals surface area contributed by atoms with E-state index in [0.29, 0.717) is 17.3 Å². The molecule has 0 aliphatic heterocycles. The number of hydrogen-bond donors (Lipinski definition) is 1. The smallest absolute Gasteiger partial charge is 0.274 e. The van der Waals surface area contributed by atoms with Crippen LogP contribution in [0.2, 0.25) is 0 Å². The Morgan fingerprint density at radius 2 is 1.95 bits per heavy atom. The molecule has 0 aliphatic rings. The van der Waals surface area contributed by atoms with Gasteiger partial charge in [0.25, 0.3) is 11.5 Å². The van der Waals surface area contributed by atoms with Gasteiger partial charge in [-0.1, -0.05) is 18.2 Å². The van der Waals surface area contributed by atoms with Gasteiger partial charge in [0, 0.05) is 25.0 Å². The van der Waals surface area contributed by atoms with Crippen molar-refractivity contribution in [2.24, 2.45) is 7.05 Å². The molecule has 0 spiro atoms. The van der Waals surface area contributed by atoms with E-state index in [-0.39, 0.29) is 23.2 Å². The van der Waals surface area contributed by atoms with E-state index < -0.39 is 0 Å². The number of fused-ring (bicyclic) bond motifs is 1. The summed E-state index contributed by atoms with van der Waals surface area (Å²) in [6, 6.07) is 7.24. The highest BCUT2D eigenvalue weighted by atomic mass is 16.2. The third-order valence-corrected chi connectivity index (χ3v) is 3.61.